The lowest BCUT2D eigenvalue weighted by Crippen LogP contribution is -2.51. The minimum absolute atomic E-state index is 0.0608. The first kappa shape index (κ1) is 15.0. The maximum atomic E-state index is 6.27. The van der Waals surface area contributed by atoms with Crippen LogP contribution in [0.3, 0.4) is 0 Å². The number of rotatable bonds is 3. The van der Waals surface area contributed by atoms with E-state index in [0.717, 1.165) is 19.3 Å². The molecule has 1 aromatic rings. The maximum absolute atomic E-state index is 6.27. The average Bonchev–Trinajstić information content (AvgIpc) is 2.88. The molecule has 0 amide bonds. The molecule has 0 bridgehead atoms. The molecule has 1 aliphatic heterocycles. The van der Waals surface area contributed by atoms with E-state index >= 15 is 0 Å². The van der Waals surface area contributed by atoms with E-state index in [1.54, 1.807) is 0 Å². The first-order valence-corrected chi connectivity index (χ1v) is 8.05. The Morgan fingerprint density at radius 3 is 2.14 bits per heavy atom. The second-order valence-electron chi connectivity index (χ2n) is 7.91. The van der Waals surface area contributed by atoms with Gasteiger partial charge < -0.3 is 4.74 Å². The zero-order valence-corrected chi connectivity index (χ0v) is 13.6. The van der Waals surface area contributed by atoms with Gasteiger partial charge in [0.05, 0.1) is 11.2 Å². The number of benzene rings is 1. The van der Waals surface area contributed by atoms with Crippen LogP contribution in [0.25, 0.3) is 0 Å². The topological polar surface area (TPSA) is 47.3 Å². The zero-order chi connectivity index (χ0) is 15.3. The Hall–Kier alpha value is -0.900. The van der Waals surface area contributed by atoms with Gasteiger partial charge in [-0.05, 0) is 64.0 Å². The molecule has 3 heteroatoms. The second kappa shape index (κ2) is 5.08. The first-order chi connectivity index (χ1) is 9.82. The van der Waals surface area contributed by atoms with Gasteiger partial charge in [0, 0.05) is 12.0 Å². The third kappa shape index (κ3) is 2.75. The van der Waals surface area contributed by atoms with Gasteiger partial charge in [0.1, 0.15) is 0 Å². The summed E-state index contributed by atoms with van der Waals surface area (Å²) in [7, 11) is 0. The van der Waals surface area contributed by atoms with Crippen molar-refractivity contribution in [3.63, 3.8) is 0 Å². The fourth-order valence-corrected chi connectivity index (χ4v) is 4.59. The van der Waals surface area contributed by atoms with Crippen molar-refractivity contribution in [2.75, 3.05) is 0 Å². The largest absolute Gasteiger partial charge is 0.369 e. The van der Waals surface area contributed by atoms with E-state index in [9.17, 15) is 0 Å². The number of fused-ring (bicyclic) bond motifs is 1. The molecule has 3 N–H and O–H groups in total. The van der Waals surface area contributed by atoms with Crippen molar-refractivity contribution in [1.29, 1.82) is 0 Å². The number of nitrogens with one attached hydrogen (secondary N) is 1. The molecule has 0 radical (unpaired) electrons. The highest BCUT2D eigenvalue weighted by atomic mass is 16.5. The van der Waals surface area contributed by atoms with Gasteiger partial charge >= 0.3 is 0 Å². The summed E-state index contributed by atoms with van der Waals surface area (Å²) in [5.74, 6) is 6.98. The predicted octanol–water partition coefficient (Wildman–Crippen LogP) is 2.83. The molecular weight excluding hydrogens is 260 g/mol. The third-order valence-corrected chi connectivity index (χ3v) is 5.36. The van der Waals surface area contributed by atoms with Crippen molar-refractivity contribution in [1.82, 2.24) is 5.43 Å². The zero-order valence-electron chi connectivity index (χ0n) is 13.6. The fraction of sp³-hybridized carbons (Fsp3) is 0.667. The second-order valence-corrected chi connectivity index (χ2v) is 7.91. The minimum atomic E-state index is -0.130. The van der Waals surface area contributed by atoms with Gasteiger partial charge in [0.15, 0.2) is 0 Å². The predicted molar refractivity (Wildman–Crippen MR) is 85.8 cm³/mol. The van der Waals surface area contributed by atoms with Gasteiger partial charge in [0.2, 0.25) is 0 Å². The van der Waals surface area contributed by atoms with E-state index in [0.29, 0.717) is 17.9 Å². The quantitative estimate of drug-likeness (QED) is 0.664. The molecule has 2 unspecified atom stereocenters. The van der Waals surface area contributed by atoms with Crippen molar-refractivity contribution >= 4 is 0 Å². The van der Waals surface area contributed by atoms with Gasteiger partial charge in [-0.1, -0.05) is 24.3 Å². The Balaban J connectivity index is 1.81. The summed E-state index contributed by atoms with van der Waals surface area (Å²) < 4.78 is 6.27. The summed E-state index contributed by atoms with van der Waals surface area (Å²) in [4.78, 5) is 0. The lowest BCUT2D eigenvalue weighted by Gasteiger charge is -2.35. The number of nitrogens with two attached hydrogens (primary N) is 1. The van der Waals surface area contributed by atoms with Crippen LogP contribution in [0.4, 0.5) is 0 Å². The van der Waals surface area contributed by atoms with Crippen LogP contribution < -0.4 is 11.3 Å². The Morgan fingerprint density at radius 2 is 1.71 bits per heavy atom. The molecule has 116 valence electrons. The molecule has 21 heavy (non-hydrogen) atoms. The van der Waals surface area contributed by atoms with Crippen molar-refractivity contribution < 1.29 is 4.74 Å². The summed E-state index contributed by atoms with van der Waals surface area (Å²) in [6.45, 7) is 8.79. The van der Waals surface area contributed by atoms with Crippen molar-refractivity contribution in [3.8, 4) is 0 Å². The van der Waals surface area contributed by atoms with Crippen LogP contribution in [-0.2, 0) is 17.6 Å². The molecule has 1 aromatic carbocycles. The first-order valence-electron chi connectivity index (χ1n) is 8.05. The highest BCUT2D eigenvalue weighted by molar-refractivity contribution is 5.33. The molecule has 2 atom stereocenters. The molecule has 2 aliphatic rings. The molecule has 1 fully saturated rings. The molecular formula is C18H28N2O. The number of ether oxygens (including phenoxy) is 1. The van der Waals surface area contributed by atoms with Gasteiger partial charge in [-0.25, -0.2) is 0 Å². The molecule has 0 saturated carbocycles. The van der Waals surface area contributed by atoms with E-state index in [4.69, 9.17) is 10.6 Å². The molecule has 1 saturated heterocycles. The Bertz CT molecular complexity index is 499. The summed E-state index contributed by atoms with van der Waals surface area (Å²) >= 11 is 0. The van der Waals surface area contributed by atoms with Crippen LogP contribution in [0.2, 0.25) is 0 Å². The Labute approximate surface area is 128 Å². The smallest absolute Gasteiger partial charge is 0.0678 e. The van der Waals surface area contributed by atoms with E-state index in [2.05, 4.69) is 57.4 Å². The normalized spacial score (nSPS) is 28.5. The summed E-state index contributed by atoms with van der Waals surface area (Å²) in [6, 6.07) is 9.08. The van der Waals surface area contributed by atoms with Crippen molar-refractivity contribution in [2.45, 2.75) is 64.2 Å². The molecule has 0 spiro atoms. The lowest BCUT2D eigenvalue weighted by molar-refractivity contribution is -0.0795. The SMILES string of the molecule is CC1(C)CC(C(NN)C2Cc3ccccc3C2)C(C)(C)O1. The summed E-state index contributed by atoms with van der Waals surface area (Å²) in [5.41, 5.74) is 5.91. The molecule has 3 nitrogen and oxygen atoms in total. The van der Waals surface area contributed by atoms with Crippen molar-refractivity contribution in [3.05, 3.63) is 35.4 Å². The summed E-state index contributed by atoms with van der Waals surface area (Å²) in [5, 5.41) is 0. The van der Waals surface area contributed by atoms with Gasteiger partial charge in [-0.15, -0.1) is 0 Å². The molecule has 3 rings (SSSR count). The number of hydrogen-bond acceptors (Lipinski definition) is 3. The van der Waals surface area contributed by atoms with Crippen LogP contribution in [0.15, 0.2) is 24.3 Å². The Morgan fingerprint density at radius 1 is 1.14 bits per heavy atom. The highest BCUT2D eigenvalue weighted by Crippen LogP contribution is 2.46. The molecule has 0 aromatic heterocycles. The van der Waals surface area contributed by atoms with E-state index in [1.165, 1.54) is 11.1 Å². The molecule has 1 aliphatic carbocycles. The van der Waals surface area contributed by atoms with Crippen LogP contribution >= 0.6 is 0 Å². The average molecular weight is 288 g/mol. The van der Waals surface area contributed by atoms with Gasteiger partial charge in [-0.2, -0.15) is 0 Å². The molecule has 1 heterocycles. The monoisotopic (exact) mass is 288 g/mol. The van der Waals surface area contributed by atoms with E-state index in [-0.39, 0.29) is 11.2 Å². The number of hydrazine groups is 1. The van der Waals surface area contributed by atoms with Crippen LogP contribution in [0.1, 0.15) is 45.2 Å². The van der Waals surface area contributed by atoms with E-state index in [1.807, 2.05) is 0 Å². The fourth-order valence-electron chi connectivity index (χ4n) is 4.59. The highest BCUT2D eigenvalue weighted by Gasteiger charge is 2.50. The Kier molecular flexibility index (Phi) is 3.63. The standard InChI is InChI=1S/C18H28N2O/c1-17(2)11-15(18(3,4)21-17)16(20-19)14-9-12-7-5-6-8-13(12)10-14/h5-8,14-16,20H,9-11,19H2,1-4H3. The van der Waals surface area contributed by atoms with Gasteiger partial charge in [-0.3, -0.25) is 11.3 Å². The third-order valence-electron chi connectivity index (χ3n) is 5.36. The minimum Gasteiger partial charge on any atom is -0.369 e. The number of hydrogen-bond donors (Lipinski definition) is 2. The van der Waals surface area contributed by atoms with Crippen LogP contribution in [0.5, 0.6) is 0 Å². The van der Waals surface area contributed by atoms with E-state index < -0.39 is 0 Å². The summed E-state index contributed by atoms with van der Waals surface area (Å²) in [6.07, 6.45) is 3.30. The maximum Gasteiger partial charge on any atom is 0.0678 e. The van der Waals surface area contributed by atoms with Crippen LogP contribution in [-0.4, -0.2) is 17.2 Å². The van der Waals surface area contributed by atoms with Crippen molar-refractivity contribution in [2.24, 2.45) is 17.7 Å². The lowest BCUT2D eigenvalue weighted by atomic mass is 9.76. The van der Waals surface area contributed by atoms with Gasteiger partial charge in [0.25, 0.3) is 0 Å². The van der Waals surface area contributed by atoms with Crippen LogP contribution in [0, 0.1) is 11.8 Å².